The highest BCUT2D eigenvalue weighted by molar-refractivity contribution is 5.78. The Hall–Kier alpha value is -1.30. The summed E-state index contributed by atoms with van der Waals surface area (Å²) in [7, 11) is 1.34. The molecule has 0 unspecified atom stereocenters. The van der Waals surface area contributed by atoms with Crippen molar-refractivity contribution >= 4 is 12.1 Å². The Morgan fingerprint density at radius 2 is 1.91 bits per heavy atom. The molecule has 3 N–H and O–H groups in total. The highest BCUT2D eigenvalue weighted by Crippen LogP contribution is 1.94. The van der Waals surface area contributed by atoms with Crippen molar-refractivity contribution in [1.29, 1.82) is 0 Å². The van der Waals surface area contributed by atoms with Crippen molar-refractivity contribution in [1.82, 2.24) is 10.4 Å². The third kappa shape index (κ3) is 2.42. The maximum atomic E-state index is 10.3. The standard InChI is InChI=1S/C5H10N2O4/c1-3(4(8)9)7(6-2)5(10)11/h3,6H,1-2H3,(H,8,9)(H,10,11)/t3-/m0/s1. The van der Waals surface area contributed by atoms with Crippen LogP contribution in [0.5, 0.6) is 0 Å². The van der Waals surface area contributed by atoms with Crippen molar-refractivity contribution in [2.45, 2.75) is 13.0 Å². The van der Waals surface area contributed by atoms with E-state index in [0.29, 0.717) is 5.01 Å². The zero-order valence-electron chi connectivity index (χ0n) is 6.24. The summed E-state index contributed by atoms with van der Waals surface area (Å²) in [5.74, 6) is -1.19. The average Bonchev–Trinajstić information content (AvgIpc) is 1.88. The molecular formula is C5H10N2O4. The first-order chi connectivity index (χ1) is 5.00. The Kier molecular flexibility index (Phi) is 3.32. The van der Waals surface area contributed by atoms with Gasteiger partial charge in [-0.05, 0) is 6.92 Å². The Labute approximate surface area is 63.4 Å². The van der Waals surface area contributed by atoms with Crippen molar-refractivity contribution in [3.8, 4) is 0 Å². The highest BCUT2D eigenvalue weighted by atomic mass is 16.4. The van der Waals surface area contributed by atoms with E-state index in [1.807, 2.05) is 0 Å². The molecular weight excluding hydrogens is 152 g/mol. The van der Waals surface area contributed by atoms with Gasteiger partial charge >= 0.3 is 12.1 Å². The second kappa shape index (κ2) is 3.77. The van der Waals surface area contributed by atoms with E-state index in [9.17, 15) is 9.59 Å². The molecule has 6 nitrogen and oxygen atoms in total. The molecule has 0 radical (unpaired) electrons. The molecule has 0 rings (SSSR count). The molecule has 0 aliphatic rings. The van der Waals surface area contributed by atoms with Crippen LogP contribution >= 0.6 is 0 Å². The smallest absolute Gasteiger partial charge is 0.422 e. The topological polar surface area (TPSA) is 89.9 Å². The number of hydrogen-bond acceptors (Lipinski definition) is 3. The number of nitrogens with zero attached hydrogens (tertiary/aromatic N) is 1. The summed E-state index contributed by atoms with van der Waals surface area (Å²) >= 11 is 0. The van der Waals surface area contributed by atoms with Gasteiger partial charge in [-0.2, -0.15) is 0 Å². The van der Waals surface area contributed by atoms with Gasteiger partial charge in [-0.25, -0.2) is 20.0 Å². The minimum Gasteiger partial charge on any atom is -0.480 e. The molecule has 0 heterocycles. The summed E-state index contributed by atoms with van der Waals surface area (Å²) in [6, 6.07) is -1.09. The van der Waals surface area contributed by atoms with Crippen LogP contribution < -0.4 is 5.43 Å². The number of carboxylic acid groups (broad SMARTS) is 2. The van der Waals surface area contributed by atoms with Crippen molar-refractivity contribution in [3.63, 3.8) is 0 Å². The minimum atomic E-state index is -1.32. The molecule has 11 heavy (non-hydrogen) atoms. The predicted octanol–water partition coefficient (Wildman–Crippen LogP) is -0.426. The lowest BCUT2D eigenvalue weighted by atomic mass is 10.3. The van der Waals surface area contributed by atoms with Crippen LogP contribution in [-0.4, -0.2) is 40.4 Å². The average molecular weight is 162 g/mol. The van der Waals surface area contributed by atoms with Crippen LogP contribution in [0, 0.1) is 0 Å². The summed E-state index contributed by atoms with van der Waals surface area (Å²) in [5.41, 5.74) is 2.24. The van der Waals surface area contributed by atoms with Crippen LogP contribution in [0.3, 0.4) is 0 Å². The number of carbonyl (C=O) groups is 2. The van der Waals surface area contributed by atoms with Crippen LogP contribution in [0.1, 0.15) is 6.92 Å². The quantitative estimate of drug-likeness (QED) is 0.490. The van der Waals surface area contributed by atoms with E-state index in [0.717, 1.165) is 0 Å². The molecule has 6 heteroatoms. The monoisotopic (exact) mass is 162 g/mol. The first-order valence-electron chi connectivity index (χ1n) is 2.93. The van der Waals surface area contributed by atoms with Crippen molar-refractivity contribution in [2.75, 3.05) is 7.05 Å². The molecule has 0 spiro atoms. The molecule has 0 aromatic carbocycles. The van der Waals surface area contributed by atoms with Crippen molar-refractivity contribution in [3.05, 3.63) is 0 Å². The highest BCUT2D eigenvalue weighted by Gasteiger charge is 2.23. The van der Waals surface area contributed by atoms with E-state index >= 15 is 0 Å². The second-order valence-electron chi connectivity index (χ2n) is 1.89. The SMILES string of the molecule is CNN(C(=O)O)[C@@H](C)C(=O)O. The summed E-state index contributed by atoms with van der Waals surface area (Å²) in [6.07, 6.45) is -1.32. The summed E-state index contributed by atoms with van der Waals surface area (Å²) in [5, 5.41) is 17.4. The fraction of sp³-hybridized carbons (Fsp3) is 0.600. The van der Waals surface area contributed by atoms with Gasteiger partial charge in [0.2, 0.25) is 0 Å². The molecule has 0 aromatic rings. The maximum Gasteiger partial charge on any atom is 0.422 e. The van der Waals surface area contributed by atoms with Crippen LogP contribution in [0.25, 0.3) is 0 Å². The second-order valence-corrected chi connectivity index (χ2v) is 1.89. The Balaban J connectivity index is 4.25. The molecule has 1 amide bonds. The van der Waals surface area contributed by atoms with Crippen LogP contribution in [0.2, 0.25) is 0 Å². The van der Waals surface area contributed by atoms with E-state index < -0.39 is 18.1 Å². The van der Waals surface area contributed by atoms with E-state index in [4.69, 9.17) is 10.2 Å². The molecule has 1 atom stereocenters. The lowest BCUT2D eigenvalue weighted by Crippen LogP contribution is -2.49. The zero-order valence-corrected chi connectivity index (χ0v) is 6.24. The van der Waals surface area contributed by atoms with Gasteiger partial charge in [0.1, 0.15) is 6.04 Å². The third-order valence-electron chi connectivity index (χ3n) is 1.19. The van der Waals surface area contributed by atoms with Gasteiger partial charge in [-0.3, -0.25) is 0 Å². The molecule has 0 fully saturated rings. The van der Waals surface area contributed by atoms with Crippen LogP contribution in [-0.2, 0) is 4.79 Å². The van der Waals surface area contributed by atoms with Crippen molar-refractivity contribution in [2.24, 2.45) is 0 Å². The van der Waals surface area contributed by atoms with Crippen molar-refractivity contribution < 1.29 is 19.8 Å². The fourth-order valence-corrected chi connectivity index (χ4v) is 0.565. The molecule has 0 bridgehead atoms. The Bertz CT molecular complexity index is 170. The summed E-state index contributed by atoms with van der Waals surface area (Å²) < 4.78 is 0. The number of carboxylic acids is 1. The lowest BCUT2D eigenvalue weighted by Gasteiger charge is -2.21. The van der Waals surface area contributed by atoms with Gasteiger partial charge in [-0.1, -0.05) is 0 Å². The molecule has 0 aliphatic heterocycles. The van der Waals surface area contributed by atoms with Gasteiger partial charge in [-0.15, -0.1) is 0 Å². The number of amides is 1. The number of aliphatic carboxylic acids is 1. The third-order valence-corrected chi connectivity index (χ3v) is 1.19. The van der Waals surface area contributed by atoms with E-state index in [2.05, 4.69) is 5.43 Å². The van der Waals surface area contributed by atoms with Gasteiger partial charge in [0, 0.05) is 7.05 Å². The fourth-order valence-electron chi connectivity index (χ4n) is 0.565. The number of rotatable bonds is 3. The van der Waals surface area contributed by atoms with E-state index in [1.165, 1.54) is 14.0 Å². The maximum absolute atomic E-state index is 10.3. The largest absolute Gasteiger partial charge is 0.480 e. The molecule has 0 saturated carbocycles. The van der Waals surface area contributed by atoms with Gasteiger partial charge in [0.25, 0.3) is 0 Å². The van der Waals surface area contributed by atoms with Crippen LogP contribution in [0.15, 0.2) is 0 Å². The molecule has 0 aliphatic carbocycles. The Morgan fingerprint density at radius 1 is 1.45 bits per heavy atom. The molecule has 0 saturated heterocycles. The number of hydrazine groups is 1. The molecule has 64 valence electrons. The van der Waals surface area contributed by atoms with Gasteiger partial charge < -0.3 is 10.2 Å². The Morgan fingerprint density at radius 3 is 2.00 bits per heavy atom. The zero-order chi connectivity index (χ0) is 9.02. The molecule has 0 aromatic heterocycles. The number of nitrogens with one attached hydrogen (secondary N) is 1. The summed E-state index contributed by atoms with van der Waals surface area (Å²) in [6.45, 7) is 1.27. The predicted molar refractivity (Wildman–Crippen MR) is 36.0 cm³/mol. The first kappa shape index (κ1) is 9.70. The van der Waals surface area contributed by atoms with Gasteiger partial charge in [0.15, 0.2) is 0 Å². The van der Waals surface area contributed by atoms with E-state index in [1.54, 1.807) is 0 Å². The lowest BCUT2D eigenvalue weighted by molar-refractivity contribution is -0.142. The minimum absolute atomic E-state index is 0.600. The van der Waals surface area contributed by atoms with Gasteiger partial charge in [0.05, 0.1) is 0 Å². The normalized spacial score (nSPS) is 12.2. The number of hydrogen-bond donors (Lipinski definition) is 3. The first-order valence-corrected chi connectivity index (χ1v) is 2.93. The van der Waals surface area contributed by atoms with Crippen LogP contribution in [0.4, 0.5) is 4.79 Å². The summed E-state index contributed by atoms with van der Waals surface area (Å²) in [4.78, 5) is 20.5. The van der Waals surface area contributed by atoms with E-state index in [-0.39, 0.29) is 0 Å².